The molecule has 3 aromatic rings. The van der Waals surface area contributed by atoms with E-state index in [1.54, 1.807) is 4.68 Å². The topological polar surface area (TPSA) is 89.6 Å². The number of aromatic nitrogens is 4. The first-order valence-corrected chi connectivity index (χ1v) is 6.32. The normalized spacial score (nSPS) is 12.8. The van der Waals surface area contributed by atoms with Crippen LogP contribution in [0.3, 0.4) is 0 Å². The summed E-state index contributed by atoms with van der Waals surface area (Å²) in [4.78, 5) is 14.7. The van der Waals surface area contributed by atoms with E-state index < -0.39 is 6.04 Å². The molecule has 2 heterocycles. The molecule has 0 amide bonds. The smallest absolute Gasteiger partial charge is 0.152 e. The number of aromatic amines is 1. The van der Waals surface area contributed by atoms with Gasteiger partial charge in [-0.2, -0.15) is 0 Å². The Morgan fingerprint density at radius 2 is 2.20 bits per heavy atom. The number of nitrogens with one attached hydrogen (secondary N) is 1. The second kappa shape index (κ2) is 4.57. The van der Waals surface area contributed by atoms with E-state index >= 15 is 0 Å². The Bertz CT molecular complexity index is 786. The molecule has 2 aromatic heterocycles. The Hall–Kier alpha value is -2.47. The lowest BCUT2D eigenvalue weighted by molar-refractivity contribution is -0.118. The minimum Gasteiger partial charge on any atom is -0.359 e. The molecule has 1 atom stereocenters. The first-order chi connectivity index (χ1) is 9.56. The Labute approximate surface area is 115 Å². The van der Waals surface area contributed by atoms with Gasteiger partial charge in [0.05, 0.1) is 17.6 Å². The van der Waals surface area contributed by atoms with Crippen LogP contribution >= 0.6 is 0 Å². The second-order valence-corrected chi connectivity index (χ2v) is 4.88. The Balaban J connectivity index is 2.11. The summed E-state index contributed by atoms with van der Waals surface area (Å²) in [6, 6.07) is 7.23. The van der Waals surface area contributed by atoms with Crippen molar-refractivity contribution in [3.05, 3.63) is 41.9 Å². The van der Waals surface area contributed by atoms with E-state index in [1.165, 1.54) is 13.1 Å². The monoisotopic (exact) mass is 269 g/mol. The zero-order valence-electron chi connectivity index (χ0n) is 11.3. The van der Waals surface area contributed by atoms with Gasteiger partial charge in [0.1, 0.15) is 6.04 Å². The molecular weight excluding hydrogens is 254 g/mol. The molecule has 6 nitrogen and oxygen atoms in total. The van der Waals surface area contributed by atoms with Gasteiger partial charge in [0, 0.05) is 16.6 Å². The number of nitrogens with two attached hydrogens (primary N) is 1. The molecule has 102 valence electrons. The molecular formula is C14H15N5O. The second-order valence-electron chi connectivity index (χ2n) is 4.88. The van der Waals surface area contributed by atoms with Crippen LogP contribution in [-0.2, 0) is 4.79 Å². The van der Waals surface area contributed by atoms with Gasteiger partial charge in [-0.15, -0.1) is 5.10 Å². The van der Waals surface area contributed by atoms with Crippen molar-refractivity contribution in [2.75, 3.05) is 0 Å². The van der Waals surface area contributed by atoms with Crippen molar-refractivity contribution in [1.29, 1.82) is 0 Å². The van der Waals surface area contributed by atoms with Crippen LogP contribution in [0, 0.1) is 6.92 Å². The van der Waals surface area contributed by atoms with Crippen molar-refractivity contribution in [2.24, 2.45) is 5.73 Å². The molecule has 0 radical (unpaired) electrons. The van der Waals surface area contributed by atoms with Gasteiger partial charge in [-0.1, -0.05) is 5.21 Å². The van der Waals surface area contributed by atoms with Crippen molar-refractivity contribution in [3.63, 3.8) is 0 Å². The molecule has 0 spiro atoms. The zero-order valence-corrected chi connectivity index (χ0v) is 11.3. The minimum absolute atomic E-state index is 0.118. The highest BCUT2D eigenvalue weighted by atomic mass is 16.1. The van der Waals surface area contributed by atoms with E-state index in [2.05, 4.69) is 21.4 Å². The number of hydrogen-bond acceptors (Lipinski definition) is 4. The lowest BCUT2D eigenvalue weighted by Crippen LogP contribution is -2.22. The van der Waals surface area contributed by atoms with Crippen molar-refractivity contribution in [3.8, 4) is 5.69 Å². The van der Waals surface area contributed by atoms with E-state index in [0.29, 0.717) is 5.69 Å². The maximum atomic E-state index is 11.4. The third-order valence-electron chi connectivity index (χ3n) is 3.32. The first kappa shape index (κ1) is 12.6. The summed E-state index contributed by atoms with van der Waals surface area (Å²) in [5, 5.41) is 8.97. The highest BCUT2D eigenvalue weighted by Crippen LogP contribution is 2.21. The quantitative estimate of drug-likeness (QED) is 0.756. The van der Waals surface area contributed by atoms with Crippen LogP contribution in [0.15, 0.2) is 30.5 Å². The maximum absolute atomic E-state index is 11.4. The van der Waals surface area contributed by atoms with Crippen molar-refractivity contribution in [1.82, 2.24) is 20.0 Å². The molecule has 3 N–H and O–H groups in total. The van der Waals surface area contributed by atoms with Gasteiger partial charge >= 0.3 is 0 Å². The molecule has 0 saturated heterocycles. The number of H-pyrrole nitrogens is 1. The van der Waals surface area contributed by atoms with Crippen molar-refractivity contribution >= 4 is 16.7 Å². The van der Waals surface area contributed by atoms with E-state index in [1.807, 2.05) is 25.1 Å². The number of fused-ring (bicyclic) bond motifs is 1. The van der Waals surface area contributed by atoms with Crippen molar-refractivity contribution < 1.29 is 4.79 Å². The van der Waals surface area contributed by atoms with Crippen LogP contribution in [0.1, 0.15) is 24.4 Å². The summed E-state index contributed by atoms with van der Waals surface area (Å²) in [5.41, 5.74) is 9.45. The molecule has 0 fully saturated rings. The average molecular weight is 269 g/mol. The van der Waals surface area contributed by atoms with Crippen LogP contribution in [0.4, 0.5) is 0 Å². The van der Waals surface area contributed by atoms with Gasteiger partial charge in [0.15, 0.2) is 5.78 Å². The molecule has 0 saturated carbocycles. The summed E-state index contributed by atoms with van der Waals surface area (Å²) in [6.07, 6.45) is 1.53. The molecule has 1 unspecified atom stereocenters. The fraction of sp³-hybridized carbons (Fsp3) is 0.214. The van der Waals surface area contributed by atoms with E-state index in [9.17, 15) is 4.79 Å². The van der Waals surface area contributed by atoms with E-state index in [0.717, 1.165) is 22.3 Å². The number of rotatable bonds is 3. The summed E-state index contributed by atoms with van der Waals surface area (Å²) < 4.78 is 1.60. The number of carbonyl (C=O) groups excluding carboxylic acids is 1. The van der Waals surface area contributed by atoms with Gasteiger partial charge in [0.25, 0.3) is 0 Å². The highest BCUT2D eigenvalue weighted by molar-refractivity contribution is 5.83. The summed E-state index contributed by atoms with van der Waals surface area (Å²) in [5.74, 6) is -0.118. The first-order valence-electron chi connectivity index (χ1n) is 6.32. The predicted octanol–water partition coefficient (Wildman–Crippen LogP) is 1.65. The van der Waals surface area contributed by atoms with Crippen LogP contribution in [0.5, 0.6) is 0 Å². The van der Waals surface area contributed by atoms with Gasteiger partial charge in [-0.25, -0.2) is 4.68 Å². The predicted molar refractivity (Wildman–Crippen MR) is 75.6 cm³/mol. The van der Waals surface area contributed by atoms with E-state index in [4.69, 9.17) is 5.73 Å². The zero-order chi connectivity index (χ0) is 14.3. The van der Waals surface area contributed by atoms with Gasteiger partial charge in [0.2, 0.25) is 0 Å². The van der Waals surface area contributed by atoms with Gasteiger partial charge in [-0.05, 0) is 38.1 Å². The number of ketones is 1. The molecule has 0 aliphatic carbocycles. The number of benzene rings is 1. The Kier molecular flexibility index (Phi) is 2.87. The molecule has 20 heavy (non-hydrogen) atoms. The molecule has 0 bridgehead atoms. The number of aryl methyl sites for hydroxylation is 1. The van der Waals surface area contributed by atoms with Crippen molar-refractivity contribution in [2.45, 2.75) is 19.9 Å². The lowest BCUT2D eigenvalue weighted by Gasteiger charge is -2.10. The molecule has 3 rings (SSSR count). The van der Waals surface area contributed by atoms with E-state index in [-0.39, 0.29) is 5.78 Å². The standard InChI is InChI=1S/C14H15N5O/c1-8-5-10-6-11(3-4-12(10)17-8)19-13(7-16-18-19)14(15)9(2)20/h3-7,14,17H,15H2,1-2H3. The summed E-state index contributed by atoms with van der Waals surface area (Å²) in [6.45, 7) is 3.47. The largest absolute Gasteiger partial charge is 0.359 e. The maximum Gasteiger partial charge on any atom is 0.152 e. The summed E-state index contributed by atoms with van der Waals surface area (Å²) in [7, 11) is 0. The van der Waals surface area contributed by atoms with Crippen LogP contribution in [0.2, 0.25) is 0 Å². The van der Waals surface area contributed by atoms with Crippen LogP contribution in [-0.4, -0.2) is 25.8 Å². The SMILES string of the molecule is CC(=O)C(N)c1cnnn1-c1ccc2[nH]c(C)cc2c1. The third-order valence-corrected chi connectivity index (χ3v) is 3.32. The number of nitrogens with zero attached hydrogens (tertiary/aromatic N) is 3. The van der Waals surface area contributed by atoms with Gasteiger partial charge < -0.3 is 10.7 Å². The van der Waals surface area contributed by atoms with Gasteiger partial charge in [-0.3, -0.25) is 4.79 Å². The molecule has 6 heteroatoms. The number of carbonyl (C=O) groups is 1. The minimum atomic E-state index is -0.714. The average Bonchev–Trinajstić information content (AvgIpc) is 3.01. The number of Topliss-reactive ketones (excluding diaryl/α,β-unsaturated/α-hetero) is 1. The third kappa shape index (κ3) is 2.00. The number of hydrogen-bond donors (Lipinski definition) is 2. The Morgan fingerprint density at radius 3 is 2.95 bits per heavy atom. The fourth-order valence-electron chi connectivity index (χ4n) is 2.26. The fourth-order valence-corrected chi connectivity index (χ4v) is 2.26. The highest BCUT2D eigenvalue weighted by Gasteiger charge is 2.18. The van der Waals surface area contributed by atoms with Crippen LogP contribution < -0.4 is 5.73 Å². The Morgan fingerprint density at radius 1 is 1.40 bits per heavy atom. The summed E-state index contributed by atoms with van der Waals surface area (Å²) >= 11 is 0. The molecule has 0 aliphatic rings. The lowest BCUT2D eigenvalue weighted by atomic mass is 10.1. The molecule has 0 aliphatic heterocycles. The molecule has 1 aromatic carbocycles. The van der Waals surface area contributed by atoms with Crippen LogP contribution in [0.25, 0.3) is 16.6 Å².